The normalized spacial score (nSPS) is 16.3. The van der Waals surface area contributed by atoms with Crippen LogP contribution in [0.15, 0.2) is 30.0 Å². The number of anilines is 1. The zero-order valence-electron chi connectivity index (χ0n) is 14.1. The van der Waals surface area contributed by atoms with Crippen molar-refractivity contribution in [2.45, 2.75) is 32.7 Å². The number of aromatic nitrogens is 1. The first-order valence-electron chi connectivity index (χ1n) is 8.13. The minimum absolute atomic E-state index is 0.360. The summed E-state index contributed by atoms with van der Waals surface area (Å²) in [7, 11) is 0. The summed E-state index contributed by atoms with van der Waals surface area (Å²) in [4.78, 5) is 17.3. The Morgan fingerprint density at radius 1 is 1.46 bits per heavy atom. The molecule has 0 radical (unpaired) electrons. The van der Waals surface area contributed by atoms with Crippen LogP contribution in [-0.4, -0.2) is 46.6 Å². The van der Waals surface area contributed by atoms with Crippen LogP contribution in [-0.2, 0) is 4.79 Å². The van der Waals surface area contributed by atoms with Crippen LogP contribution in [0.4, 0.5) is 5.82 Å². The summed E-state index contributed by atoms with van der Waals surface area (Å²) in [5.74, 6) is -0.333. The van der Waals surface area contributed by atoms with Gasteiger partial charge < -0.3 is 10.4 Å². The number of likely N-dealkylation sites (tertiary alicyclic amines) is 1. The summed E-state index contributed by atoms with van der Waals surface area (Å²) in [6.07, 6.45) is 8.53. The van der Waals surface area contributed by atoms with Crippen LogP contribution < -0.4 is 5.32 Å². The summed E-state index contributed by atoms with van der Waals surface area (Å²) in [6, 6.07) is 2.08. The molecule has 5 nitrogen and oxygen atoms in total. The number of hydrogen-bond donors (Lipinski definition) is 2. The van der Waals surface area contributed by atoms with Crippen molar-refractivity contribution in [1.29, 1.82) is 0 Å². The second kappa shape index (κ2) is 8.85. The summed E-state index contributed by atoms with van der Waals surface area (Å²) >= 11 is 6.25. The predicted molar refractivity (Wildman–Crippen MR) is 98.4 cm³/mol. The van der Waals surface area contributed by atoms with Gasteiger partial charge in [-0.1, -0.05) is 23.3 Å². The van der Waals surface area contributed by atoms with Crippen molar-refractivity contribution in [2.75, 3.05) is 25.0 Å². The van der Waals surface area contributed by atoms with Gasteiger partial charge in [-0.3, -0.25) is 4.90 Å². The Morgan fingerprint density at radius 2 is 2.17 bits per heavy atom. The molecule has 6 heteroatoms. The summed E-state index contributed by atoms with van der Waals surface area (Å²) in [6.45, 7) is 7.37. The van der Waals surface area contributed by atoms with Crippen LogP contribution in [0.25, 0.3) is 6.08 Å². The number of halogens is 1. The quantitative estimate of drug-likeness (QED) is 0.606. The summed E-state index contributed by atoms with van der Waals surface area (Å²) < 4.78 is 0. The number of carbonyl (C=O) groups is 1. The molecule has 0 unspecified atom stereocenters. The lowest BCUT2D eigenvalue weighted by Crippen LogP contribution is -2.39. The maximum atomic E-state index is 10.5. The predicted octanol–water partition coefficient (Wildman–Crippen LogP) is 3.68. The molecule has 1 fully saturated rings. The smallest absolute Gasteiger partial charge is 0.328 e. The maximum Gasteiger partial charge on any atom is 0.328 e. The van der Waals surface area contributed by atoms with Crippen LogP contribution >= 0.6 is 11.6 Å². The topological polar surface area (TPSA) is 65.5 Å². The fraction of sp³-hybridized carbons (Fsp3) is 0.444. The monoisotopic (exact) mass is 349 g/mol. The third-order valence-electron chi connectivity index (χ3n) is 3.97. The lowest BCUT2D eigenvalue weighted by atomic mass is 10.0. The molecule has 1 aliphatic heterocycles. The molecule has 130 valence electrons. The van der Waals surface area contributed by atoms with Gasteiger partial charge in [0.2, 0.25) is 0 Å². The molecule has 24 heavy (non-hydrogen) atoms. The molecular weight excluding hydrogens is 326 g/mol. The average molecular weight is 350 g/mol. The van der Waals surface area contributed by atoms with Gasteiger partial charge in [0.25, 0.3) is 0 Å². The van der Waals surface area contributed by atoms with Crippen molar-refractivity contribution >= 4 is 29.5 Å². The number of pyridine rings is 1. The molecule has 0 atom stereocenters. The van der Waals surface area contributed by atoms with Gasteiger partial charge in [-0.2, -0.15) is 0 Å². The highest BCUT2D eigenvalue weighted by molar-refractivity contribution is 6.33. The van der Waals surface area contributed by atoms with Gasteiger partial charge >= 0.3 is 5.97 Å². The van der Waals surface area contributed by atoms with Crippen molar-refractivity contribution in [3.05, 3.63) is 40.6 Å². The Bertz CT molecular complexity index is 631. The summed E-state index contributed by atoms with van der Waals surface area (Å²) in [5.41, 5.74) is 2.02. The first-order valence-corrected chi connectivity index (χ1v) is 8.50. The molecule has 1 aromatic heterocycles. The van der Waals surface area contributed by atoms with Crippen LogP contribution in [0.3, 0.4) is 0 Å². The molecule has 2 heterocycles. The maximum absolute atomic E-state index is 10.5. The van der Waals surface area contributed by atoms with Gasteiger partial charge in [0.15, 0.2) is 0 Å². The van der Waals surface area contributed by atoms with Crippen molar-refractivity contribution in [3.8, 4) is 0 Å². The van der Waals surface area contributed by atoms with E-state index in [1.807, 2.05) is 0 Å². The molecule has 0 amide bonds. The molecule has 2 rings (SSSR count). The van der Waals surface area contributed by atoms with Gasteiger partial charge in [0.1, 0.15) is 5.82 Å². The van der Waals surface area contributed by atoms with Crippen molar-refractivity contribution in [1.82, 2.24) is 9.88 Å². The van der Waals surface area contributed by atoms with Gasteiger partial charge in [-0.05, 0) is 44.4 Å². The highest BCUT2D eigenvalue weighted by atomic mass is 35.5. The number of hydrogen-bond acceptors (Lipinski definition) is 4. The van der Waals surface area contributed by atoms with E-state index in [0.29, 0.717) is 22.4 Å². The number of rotatable bonds is 6. The molecule has 0 aliphatic carbocycles. The molecule has 0 bridgehead atoms. The molecular formula is C18H24ClN3O2. The lowest BCUT2D eigenvalue weighted by molar-refractivity contribution is -0.131. The number of piperidine rings is 1. The van der Waals surface area contributed by atoms with E-state index in [1.54, 1.807) is 12.3 Å². The molecule has 1 aliphatic rings. The standard InChI is InChI=1S/C18H24ClN3O2/c1-13(2)5-8-22-9-6-15(7-10-22)21-18-16(19)11-14(12-20-18)3-4-17(23)24/h3-5,11-12,15H,6-10H2,1-2H3,(H,20,21)(H,23,24). The Balaban J connectivity index is 1.88. The van der Waals surface area contributed by atoms with Gasteiger partial charge in [-0.25, -0.2) is 9.78 Å². The average Bonchev–Trinajstić information content (AvgIpc) is 2.54. The zero-order valence-corrected chi connectivity index (χ0v) is 14.9. The highest BCUT2D eigenvalue weighted by Gasteiger charge is 2.19. The van der Waals surface area contributed by atoms with E-state index in [4.69, 9.17) is 16.7 Å². The van der Waals surface area contributed by atoms with E-state index >= 15 is 0 Å². The second-order valence-electron chi connectivity index (χ2n) is 6.27. The third-order valence-corrected chi connectivity index (χ3v) is 4.25. The van der Waals surface area contributed by atoms with Crippen LogP contribution in [0.2, 0.25) is 5.02 Å². The van der Waals surface area contributed by atoms with Crippen molar-refractivity contribution in [2.24, 2.45) is 0 Å². The zero-order chi connectivity index (χ0) is 17.5. The first-order chi connectivity index (χ1) is 11.4. The van der Waals surface area contributed by atoms with Gasteiger partial charge in [0.05, 0.1) is 5.02 Å². The minimum atomic E-state index is -0.992. The second-order valence-corrected chi connectivity index (χ2v) is 6.68. The third kappa shape index (κ3) is 5.98. The number of carboxylic acid groups (broad SMARTS) is 1. The number of aliphatic carboxylic acids is 1. The Labute approximate surface area is 148 Å². The van der Waals surface area contributed by atoms with E-state index in [2.05, 4.69) is 35.1 Å². The van der Waals surface area contributed by atoms with Crippen molar-refractivity contribution < 1.29 is 9.90 Å². The van der Waals surface area contributed by atoms with Crippen LogP contribution in [0.5, 0.6) is 0 Å². The highest BCUT2D eigenvalue weighted by Crippen LogP contribution is 2.24. The molecule has 1 aromatic rings. The first kappa shape index (κ1) is 18.5. The van der Waals surface area contributed by atoms with Crippen LogP contribution in [0.1, 0.15) is 32.3 Å². The van der Waals surface area contributed by atoms with E-state index < -0.39 is 5.97 Å². The minimum Gasteiger partial charge on any atom is -0.478 e. The van der Waals surface area contributed by atoms with Gasteiger partial charge in [0, 0.05) is 37.9 Å². The van der Waals surface area contributed by atoms with E-state index in [-0.39, 0.29) is 0 Å². The Morgan fingerprint density at radius 3 is 2.75 bits per heavy atom. The number of nitrogens with one attached hydrogen (secondary N) is 1. The Hall–Kier alpha value is -1.85. The summed E-state index contributed by atoms with van der Waals surface area (Å²) in [5, 5.41) is 12.6. The Kier molecular flexibility index (Phi) is 6.82. The molecule has 2 N–H and O–H groups in total. The lowest BCUT2D eigenvalue weighted by Gasteiger charge is -2.32. The van der Waals surface area contributed by atoms with E-state index in [1.165, 1.54) is 11.6 Å². The number of allylic oxidation sites excluding steroid dienone is 1. The number of nitrogens with zero attached hydrogens (tertiary/aromatic N) is 2. The largest absolute Gasteiger partial charge is 0.478 e. The molecule has 0 aromatic carbocycles. The molecule has 1 saturated heterocycles. The fourth-order valence-corrected chi connectivity index (χ4v) is 2.81. The number of carboxylic acids is 1. The molecule has 0 saturated carbocycles. The van der Waals surface area contributed by atoms with E-state index in [0.717, 1.165) is 38.6 Å². The van der Waals surface area contributed by atoms with E-state index in [9.17, 15) is 4.79 Å². The fourth-order valence-electron chi connectivity index (χ4n) is 2.58. The van der Waals surface area contributed by atoms with Gasteiger partial charge in [-0.15, -0.1) is 0 Å². The van der Waals surface area contributed by atoms with Crippen LogP contribution in [0, 0.1) is 0 Å². The van der Waals surface area contributed by atoms with Crippen molar-refractivity contribution in [3.63, 3.8) is 0 Å². The molecule has 0 spiro atoms. The SMILES string of the molecule is CC(C)=CCN1CCC(Nc2ncc(C=CC(=O)O)cc2Cl)CC1.